The number of H-pyrrole nitrogens is 1. The van der Waals surface area contributed by atoms with Crippen LogP contribution in [0, 0.1) is 0 Å². The number of hydrogen-bond donors (Lipinski definition) is 1. The molecule has 3 aromatic rings. The van der Waals surface area contributed by atoms with E-state index in [2.05, 4.69) is 51.8 Å². The number of amidine groups is 1. The molecule has 2 aromatic carbocycles. The first-order valence-corrected chi connectivity index (χ1v) is 12.6. The van der Waals surface area contributed by atoms with Crippen molar-refractivity contribution in [1.29, 1.82) is 0 Å². The third-order valence-corrected chi connectivity index (χ3v) is 6.52. The normalized spacial score (nSPS) is 15.1. The average molecular weight is 507 g/mol. The topological polar surface area (TPSA) is 96.4 Å². The van der Waals surface area contributed by atoms with Crippen molar-refractivity contribution in [3.05, 3.63) is 64.8 Å². The highest BCUT2D eigenvalue weighted by Gasteiger charge is 2.39. The fraction of sp³-hybridized carbons (Fsp3) is 0.370. The number of halogens is 1. The van der Waals surface area contributed by atoms with Crippen molar-refractivity contribution in [2.75, 3.05) is 6.61 Å². The van der Waals surface area contributed by atoms with Crippen molar-refractivity contribution in [2.24, 2.45) is 4.99 Å². The van der Waals surface area contributed by atoms with E-state index < -0.39 is 11.5 Å². The Balaban J connectivity index is 1.65. The van der Waals surface area contributed by atoms with Gasteiger partial charge in [-0.2, -0.15) is 5.21 Å². The van der Waals surface area contributed by atoms with E-state index in [-0.39, 0.29) is 6.61 Å². The van der Waals surface area contributed by atoms with E-state index in [9.17, 15) is 4.79 Å². The summed E-state index contributed by atoms with van der Waals surface area (Å²) >= 11 is 6.89. The van der Waals surface area contributed by atoms with Gasteiger partial charge in [0.25, 0.3) is 0 Å². The van der Waals surface area contributed by atoms with Crippen LogP contribution in [0.25, 0.3) is 22.5 Å². The van der Waals surface area contributed by atoms with Gasteiger partial charge >= 0.3 is 5.97 Å². The van der Waals surface area contributed by atoms with Crippen LogP contribution < -0.4 is 0 Å². The molecule has 1 N–H and O–H groups in total. The van der Waals surface area contributed by atoms with Crippen LogP contribution in [-0.4, -0.2) is 49.5 Å². The quantitative estimate of drug-likeness (QED) is 0.294. The SMILES string of the molecule is CCCCC1=NC(C)(C)C(C(=O)OCC)=C(Cl)N1Cc1ccc(-c2ccccc2-c2nn[nH]n2)cc1. The Morgan fingerprint density at radius 2 is 1.81 bits per heavy atom. The lowest BCUT2D eigenvalue weighted by Gasteiger charge is -2.37. The van der Waals surface area contributed by atoms with Gasteiger partial charge in [0, 0.05) is 12.0 Å². The molecule has 0 saturated heterocycles. The van der Waals surface area contributed by atoms with Crippen molar-refractivity contribution in [3.63, 3.8) is 0 Å². The Kier molecular flexibility index (Phi) is 7.84. The summed E-state index contributed by atoms with van der Waals surface area (Å²) in [6.45, 7) is 8.51. The lowest BCUT2D eigenvalue weighted by Crippen LogP contribution is -2.42. The molecule has 0 bridgehead atoms. The molecule has 1 aliphatic rings. The van der Waals surface area contributed by atoms with Gasteiger partial charge in [0.2, 0.25) is 5.82 Å². The number of carbonyl (C=O) groups is 1. The number of tetrazole rings is 1. The minimum Gasteiger partial charge on any atom is -0.462 e. The predicted octanol–water partition coefficient (Wildman–Crippen LogP) is 5.73. The predicted molar refractivity (Wildman–Crippen MR) is 141 cm³/mol. The largest absolute Gasteiger partial charge is 0.462 e. The molecule has 0 saturated carbocycles. The van der Waals surface area contributed by atoms with Crippen LogP contribution in [0.3, 0.4) is 0 Å². The molecule has 1 aliphatic heterocycles. The molecule has 0 aliphatic carbocycles. The first kappa shape index (κ1) is 25.6. The van der Waals surface area contributed by atoms with Crippen molar-refractivity contribution < 1.29 is 9.53 Å². The van der Waals surface area contributed by atoms with Gasteiger partial charge in [-0.1, -0.05) is 73.5 Å². The standard InChI is InChI=1S/C27H31ClN6O2/c1-5-7-12-22-29-27(3,4)23(26(35)36-6-2)24(28)34(22)17-18-13-15-19(16-14-18)20-10-8-9-11-21(20)25-30-32-33-31-25/h8-11,13-16H,5-7,12,17H2,1-4H3,(H,30,31,32,33). The number of hydrogen-bond acceptors (Lipinski definition) is 7. The monoisotopic (exact) mass is 506 g/mol. The van der Waals surface area contributed by atoms with Crippen LogP contribution in [0.4, 0.5) is 0 Å². The Bertz CT molecular complexity index is 1270. The van der Waals surface area contributed by atoms with Crippen molar-refractivity contribution in [2.45, 2.75) is 59.0 Å². The molecule has 0 fully saturated rings. The number of esters is 1. The Hall–Kier alpha value is -3.52. The highest BCUT2D eigenvalue weighted by atomic mass is 35.5. The molecular weight excluding hydrogens is 476 g/mol. The molecule has 0 atom stereocenters. The van der Waals surface area contributed by atoms with Crippen LogP contribution in [0.5, 0.6) is 0 Å². The number of nitrogens with one attached hydrogen (secondary N) is 1. The zero-order valence-electron chi connectivity index (χ0n) is 21.1. The number of aromatic nitrogens is 4. The lowest BCUT2D eigenvalue weighted by molar-refractivity contribution is -0.139. The fourth-order valence-electron chi connectivity index (χ4n) is 4.34. The summed E-state index contributed by atoms with van der Waals surface area (Å²) in [5.41, 5.74) is 3.62. The van der Waals surface area contributed by atoms with Crippen molar-refractivity contribution in [1.82, 2.24) is 25.5 Å². The van der Waals surface area contributed by atoms with E-state index >= 15 is 0 Å². The van der Waals surface area contributed by atoms with Crippen molar-refractivity contribution in [3.8, 4) is 22.5 Å². The first-order valence-electron chi connectivity index (χ1n) is 12.2. The molecule has 4 rings (SSSR count). The first-order chi connectivity index (χ1) is 17.4. The zero-order chi connectivity index (χ0) is 25.7. The van der Waals surface area contributed by atoms with Crippen LogP contribution in [0.15, 0.2) is 64.3 Å². The summed E-state index contributed by atoms with van der Waals surface area (Å²) in [6, 6.07) is 16.2. The number of ether oxygens (including phenoxy) is 1. The van der Waals surface area contributed by atoms with Crippen LogP contribution in [0.2, 0.25) is 0 Å². The van der Waals surface area contributed by atoms with Crippen molar-refractivity contribution >= 4 is 23.4 Å². The van der Waals surface area contributed by atoms with Gasteiger partial charge in [0.1, 0.15) is 11.0 Å². The summed E-state index contributed by atoms with van der Waals surface area (Å²) in [7, 11) is 0. The maximum absolute atomic E-state index is 12.8. The van der Waals surface area contributed by atoms with Crippen LogP contribution >= 0.6 is 11.6 Å². The minimum atomic E-state index is -0.758. The number of unbranched alkanes of at least 4 members (excludes halogenated alkanes) is 1. The molecule has 0 spiro atoms. The summed E-state index contributed by atoms with van der Waals surface area (Å²) in [5.74, 6) is 1.00. The summed E-state index contributed by atoms with van der Waals surface area (Å²) in [6.07, 6.45) is 2.80. The maximum Gasteiger partial charge on any atom is 0.339 e. The van der Waals surface area contributed by atoms with E-state index in [1.165, 1.54) is 0 Å². The van der Waals surface area contributed by atoms with E-state index in [4.69, 9.17) is 21.3 Å². The smallest absolute Gasteiger partial charge is 0.339 e. The fourth-order valence-corrected chi connectivity index (χ4v) is 4.81. The maximum atomic E-state index is 12.8. The van der Waals surface area contributed by atoms with Gasteiger partial charge < -0.3 is 9.64 Å². The van der Waals surface area contributed by atoms with E-state index in [0.717, 1.165) is 47.4 Å². The molecule has 9 heteroatoms. The average Bonchev–Trinajstić information content (AvgIpc) is 3.40. The highest BCUT2D eigenvalue weighted by Crippen LogP contribution is 2.36. The number of aliphatic imine (C=N–C) groups is 1. The summed E-state index contributed by atoms with van der Waals surface area (Å²) < 4.78 is 5.31. The molecule has 0 radical (unpaired) electrons. The van der Waals surface area contributed by atoms with Gasteiger partial charge in [-0.05, 0) is 49.1 Å². The van der Waals surface area contributed by atoms with Gasteiger partial charge in [-0.25, -0.2) is 4.79 Å². The zero-order valence-corrected chi connectivity index (χ0v) is 21.8. The van der Waals surface area contributed by atoms with E-state index in [0.29, 0.717) is 23.1 Å². The van der Waals surface area contributed by atoms with Crippen LogP contribution in [0.1, 0.15) is 52.5 Å². The molecule has 0 unspecified atom stereocenters. The van der Waals surface area contributed by atoms with Gasteiger partial charge in [0.15, 0.2) is 0 Å². The third-order valence-electron chi connectivity index (χ3n) is 6.13. The molecule has 0 amide bonds. The third kappa shape index (κ3) is 5.33. The second kappa shape index (κ2) is 11.0. The lowest BCUT2D eigenvalue weighted by atomic mass is 9.92. The molecule has 8 nitrogen and oxygen atoms in total. The van der Waals surface area contributed by atoms with E-state index in [1.54, 1.807) is 6.92 Å². The number of nitrogens with zero attached hydrogens (tertiary/aromatic N) is 5. The number of benzene rings is 2. The summed E-state index contributed by atoms with van der Waals surface area (Å²) in [4.78, 5) is 19.7. The molecule has 1 aromatic heterocycles. The molecule has 36 heavy (non-hydrogen) atoms. The minimum absolute atomic E-state index is 0.280. The molecule has 188 valence electrons. The van der Waals surface area contributed by atoms with Gasteiger partial charge in [-0.3, -0.25) is 4.99 Å². The second-order valence-corrected chi connectivity index (χ2v) is 9.50. The van der Waals surface area contributed by atoms with Gasteiger partial charge in [-0.15, -0.1) is 10.2 Å². The highest BCUT2D eigenvalue weighted by molar-refractivity contribution is 6.33. The second-order valence-electron chi connectivity index (χ2n) is 9.14. The molecule has 2 heterocycles. The van der Waals surface area contributed by atoms with Gasteiger partial charge in [0.05, 0.1) is 24.3 Å². The summed E-state index contributed by atoms with van der Waals surface area (Å²) in [5, 5.41) is 14.8. The number of carbonyl (C=O) groups excluding carboxylic acids is 1. The van der Waals surface area contributed by atoms with E-state index in [1.807, 2.05) is 43.0 Å². The Labute approximate surface area is 216 Å². The Morgan fingerprint density at radius 3 is 2.44 bits per heavy atom. The molecular formula is C27H31ClN6O2. The number of rotatable bonds is 9. The number of aromatic amines is 1. The Morgan fingerprint density at radius 1 is 1.08 bits per heavy atom. The van der Waals surface area contributed by atoms with Crippen LogP contribution in [-0.2, 0) is 16.1 Å².